The predicted octanol–water partition coefficient (Wildman–Crippen LogP) is 5.21. The summed E-state index contributed by atoms with van der Waals surface area (Å²) in [7, 11) is 1.63. The van der Waals surface area contributed by atoms with E-state index in [-0.39, 0.29) is 35.8 Å². The van der Waals surface area contributed by atoms with Gasteiger partial charge in [-0.25, -0.2) is 9.18 Å². The minimum atomic E-state index is -0.987. The number of carbonyl (C=O) groups is 3. The van der Waals surface area contributed by atoms with Crippen molar-refractivity contribution in [1.29, 1.82) is 0 Å². The summed E-state index contributed by atoms with van der Waals surface area (Å²) in [4.78, 5) is 41.3. The fourth-order valence-electron chi connectivity index (χ4n) is 4.49. The van der Waals surface area contributed by atoms with E-state index in [0.717, 1.165) is 11.6 Å². The van der Waals surface area contributed by atoms with Gasteiger partial charge >= 0.3 is 6.09 Å². The Morgan fingerprint density at radius 1 is 1.08 bits per heavy atom. The molecular weight excluding hydrogens is 463 g/mol. The average molecular weight is 499 g/mol. The zero-order valence-electron chi connectivity index (χ0n) is 22.0. The molecule has 0 N–H and O–H groups in total. The number of benzene rings is 2. The normalized spacial score (nSPS) is 18.4. The van der Waals surface area contributed by atoms with Gasteiger partial charge in [0.15, 0.2) is 6.29 Å². The van der Waals surface area contributed by atoms with Gasteiger partial charge in [0.25, 0.3) is 0 Å². The lowest BCUT2D eigenvalue weighted by Gasteiger charge is -2.39. The highest BCUT2D eigenvalue weighted by Gasteiger charge is 2.52. The van der Waals surface area contributed by atoms with E-state index in [1.165, 1.54) is 15.9 Å². The van der Waals surface area contributed by atoms with E-state index >= 15 is 4.39 Å². The molecule has 3 rings (SSSR count). The zero-order chi connectivity index (χ0) is 26.8. The first-order valence-corrected chi connectivity index (χ1v) is 11.9. The highest BCUT2D eigenvalue weighted by Crippen LogP contribution is 2.37. The minimum Gasteiger partial charge on any atom is -0.488 e. The number of nitrogens with zero attached hydrogens (tertiary/aromatic N) is 2. The van der Waals surface area contributed by atoms with E-state index in [2.05, 4.69) is 0 Å². The van der Waals surface area contributed by atoms with Crippen LogP contribution in [-0.2, 0) is 22.6 Å². The van der Waals surface area contributed by atoms with Crippen LogP contribution in [-0.4, -0.2) is 52.9 Å². The number of aldehydes is 1. The SMILES string of the molecule is CN1C(=O)[C@H](Cc2cc(C=O)c(OCc3ccccc3)cc2F)N(C(=O)OC(C)(C)C)[C@H]1C(C)(C)C. The fraction of sp³-hybridized carbons (Fsp3) is 0.464. The summed E-state index contributed by atoms with van der Waals surface area (Å²) in [6.45, 7) is 11.2. The van der Waals surface area contributed by atoms with Gasteiger partial charge in [-0.1, -0.05) is 51.1 Å². The van der Waals surface area contributed by atoms with Crippen molar-refractivity contribution in [3.63, 3.8) is 0 Å². The second-order valence-corrected chi connectivity index (χ2v) is 11.2. The molecule has 1 heterocycles. The van der Waals surface area contributed by atoms with Crippen LogP contribution in [0.2, 0.25) is 0 Å². The summed E-state index contributed by atoms with van der Waals surface area (Å²) in [6.07, 6.45) is -0.758. The number of ether oxygens (including phenoxy) is 2. The summed E-state index contributed by atoms with van der Waals surface area (Å²) in [6, 6.07) is 10.9. The number of halogens is 1. The van der Waals surface area contributed by atoms with Gasteiger partial charge in [-0.2, -0.15) is 0 Å². The van der Waals surface area contributed by atoms with Gasteiger partial charge in [-0.15, -0.1) is 0 Å². The molecule has 36 heavy (non-hydrogen) atoms. The van der Waals surface area contributed by atoms with Crippen LogP contribution in [0.1, 0.15) is 63.0 Å². The summed E-state index contributed by atoms with van der Waals surface area (Å²) in [5.74, 6) is -0.832. The second kappa shape index (κ2) is 10.3. The zero-order valence-corrected chi connectivity index (χ0v) is 22.0. The predicted molar refractivity (Wildman–Crippen MR) is 134 cm³/mol. The lowest BCUT2D eigenvalue weighted by atomic mass is 9.91. The van der Waals surface area contributed by atoms with Crippen LogP contribution in [0.3, 0.4) is 0 Å². The first kappa shape index (κ1) is 27.2. The molecule has 1 aliphatic heterocycles. The molecule has 0 radical (unpaired) electrons. The van der Waals surface area contributed by atoms with E-state index in [1.54, 1.807) is 27.8 Å². The van der Waals surface area contributed by atoms with Crippen LogP contribution in [0.25, 0.3) is 0 Å². The van der Waals surface area contributed by atoms with E-state index in [0.29, 0.717) is 6.29 Å². The lowest BCUT2D eigenvalue weighted by molar-refractivity contribution is -0.129. The van der Waals surface area contributed by atoms with Crippen LogP contribution < -0.4 is 4.74 Å². The molecule has 0 spiro atoms. The maximum absolute atomic E-state index is 15.2. The maximum atomic E-state index is 15.2. The first-order chi connectivity index (χ1) is 16.7. The standard InChI is InChI=1S/C28H35FN2O5/c1-27(2,3)25-30(7)24(33)22(31(25)26(34)36-28(4,5)6)14-19-13-20(16-32)23(15-21(19)29)35-17-18-11-9-8-10-12-18/h8-13,15-16,22,25H,14,17H2,1-7H3/t22-,25-/m0/s1. The van der Waals surface area contributed by atoms with E-state index in [4.69, 9.17) is 9.47 Å². The number of likely N-dealkylation sites (N-methyl/N-ethyl adjacent to an activating group) is 1. The largest absolute Gasteiger partial charge is 0.488 e. The molecule has 8 heteroatoms. The average Bonchev–Trinajstić information content (AvgIpc) is 3.04. The highest BCUT2D eigenvalue weighted by molar-refractivity contribution is 5.90. The Hall–Kier alpha value is -3.42. The molecule has 2 aromatic carbocycles. The van der Waals surface area contributed by atoms with Crippen LogP contribution in [0.4, 0.5) is 9.18 Å². The first-order valence-electron chi connectivity index (χ1n) is 11.9. The highest BCUT2D eigenvalue weighted by atomic mass is 19.1. The molecule has 0 aromatic heterocycles. The third kappa shape index (κ3) is 6.04. The summed E-state index contributed by atoms with van der Waals surface area (Å²) >= 11 is 0. The van der Waals surface area contributed by atoms with Gasteiger partial charge in [-0.05, 0) is 38.0 Å². The molecule has 0 aliphatic carbocycles. The number of hydrogen-bond acceptors (Lipinski definition) is 5. The third-order valence-electron chi connectivity index (χ3n) is 5.93. The van der Waals surface area contributed by atoms with Gasteiger partial charge in [0.05, 0.1) is 5.56 Å². The Morgan fingerprint density at radius 3 is 2.28 bits per heavy atom. The molecule has 7 nitrogen and oxygen atoms in total. The number of rotatable bonds is 6. The van der Waals surface area contributed by atoms with Gasteiger partial charge in [0.2, 0.25) is 5.91 Å². The lowest BCUT2D eigenvalue weighted by Crippen LogP contribution is -2.52. The van der Waals surface area contributed by atoms with Crippen LogP contribution in [0.5, 0.6) is 5.75 Å². The summed E-state index contributed by atoms with van der Waals surface area (Å²) in [5, 5.41) is 0. The molecule has 194 valence electrons. The molecule has 0 unspecified atom stereocenters. The van der Waals surface area contributed by atoms with Crippen molar-refractivity contribution in [2.45, 2.75) is 72.4 Å². The maximum Gasteiger partial charge on any atom is 0.412 e. The van der Waals surface area contributed by atoms with Gasteiger partial charge < -0.3 is 14.4 Å². The second-order valence-electron chi connectivity index (χ2n) is 11.2. The monoisotopic (exact) mass is 498 g/mol. The summed E-state index contributed by atoms with van der Waals surface area (Å²) < 4.78 is 26.6. The van der Waals surface area contributed by atoms with Crippen molar-refractivity contribution in [3.05, 3.63) is 65.0 Å². The Bertz CT molecular complexity index is 1120. The van der Waals surface area contributed by atoms with Gasteiger partial charge in [-0.3, -0.25) is 14.5 Å². The van der Waals surface area contributed by atoms with Crippen molar-refractivity contribution in [3.8, 4) is 5.75 Å². The topological polar surface area (TPSA) is 76.2 Å². The third-order valence-corrected chi connectivity index (χ3v) is 5.93. The van der Waals surface area contributed by atoms with E-state index in [9.17, 15) is 14.4 Å². The van der Waals surface area contributed by atoms with Crippen LogP contribution in [0, 0.1) is 11.2 Å². The Balaban J connectivity index is 1.93. The molecule has 1 aliphatic rings. The van der Waals surface area contributed by atoms with Gasteiger partial charge in [0, 0.05) is 24.9 Å². The molecule has 0 bridgehead atoms. The van der Waals surface area contributed by atoms with Crippen LogP contribution in [0.15, 0.2) is 42.5 Å². The van der Waals surface area contributed by atoms with E-state index in [1.807, 2.05) is 51.1 Å². The quantitative estimate of drug-likeness (QED) is 0.511. The smallest absolute Gasteiger partial charge is 0.412 e. The van der Waals surface area contributed by atoms with Crippen molar-refractivity contribution in [2.75, 3.05) is 7.05 Å². The van der Waals surface area contributed by atoms with E-state index < -0.39 is 35.1 Å². The van der Waals surface area contributed by atoms with Crippen molar-refractivity contribution in [1.82, 2.24) is 9.80 Å². The van der Waals surface area contributed by atoms with Crippen molar-refractivity contribution >= 4 is 18.3 Å². The Morgan fingerprint density at radius 2 is 1.72 bits per heavy atom. The molecule has 2 aromatic rings. The molecule has 1 saturated heterocycles. The molecule has 1 fully saturated rings. The Kier molecular flexibility index (Phi) is 7.76. The molecule has 2 amide bonds. The molecular formula is C28H35FN2O5. The molecule has 2 atom stereocenters. The number of hydrogen-bond donors (Lipinski definition) is 0. The fourth-order valence-corrected chi connectivity index (χ4v) is 4.49. The minimum absolute atomic E-state index is 0.110. The van der Waals surface area contributed by atoms with Crippen molar-refractivity contribution < 1.29 is 28.2 Å². The van der Waals surface area contributed by atoms with Crippen LogP contribution >= 0.6 is 0 Å². The van der Waals surface area contributed by atoms with Crippen molar-refractivity contribution in [2.24, 2.45) is 5.41 Å². The van der Waals surface area contributed by atoms with Gasteiger partial charge in [0.1, 0.15) is 36.0 Å². The molecule has 0 saturated carbocycles. The Labute approximate surface area is 212 Å². The number of amides is 2. The number of carbonyl (C=O) groups excluding carboxylic acids is 3. The summed E-state index contributed by atoms with van der Waals surface area (Å²) in [5.41, 5.74) is -0.0874.